The van der Waals surface area contributed by atoms with E-state index in [-0.39, 0.29) is 12.6 Å². The topological polar surface area (TPSA) is 128 Å². The molecule has 1 unspecified atom stereocenters. The summed E-state index contributed by atoms with van der Waals surface area (Å²) in [5, 5.41) is 37.8. The zero-order valence-electron chi connectivity index (χ0n) is 12.0. The van der Waals surface area contributed by atoms with Gasteiger partial charge in [0.25, 0.3) is 0 Å². The summed E-state index contributed by atoms with van der Waals surface area (Å²) < 4.78 is 9.37. The largest absolute Gasteiger partial charge is 0.458 e. The van der Waals surface area contributed by atoms with Gasteiger partial charge in [-0.2, -0.15) is 0 Å². The number of aliphatic hydroxyl groups excluding tert-OH is 4. The molecule has 0 saturated carbocycles. The van der Waals surface area contributed by atoms with Crippen molar-refractivity contribution >= 4 is 5.97 Å². The zero-order chi connectivity index (χ0) is 16.5. The highest BCUT2D eigenvalue weighted by Crippen LogP contribution is 2.18. The van der Waals surface area contributed by atoms with E-state index in [0.29, 0.717) is 12.0 Å². The summed E-state index contributed by atoms with van der Waals surface area (Å²) in [5.74, 6) is -0.285. The van der Waals surface area contributed by atoms with Gasteiger partial charge in [0.1, 0.15) is 24.9 Å². The Hall–Kier alpha value is -1.71. The molecule has 0 spiro atoms. The maximum Gasteiger partial charge on any atom is 0.336 e. The summed E-state index contributed by atoms with van der Waals surface area (Å²) in [6, 6.07) is 0. The van der Waals surface area contributed by atoms with Gasteiger partial charge in [-0.05, 0) is 6.20 Å². The average Bonchev–Trinajstić information content (AvgIpc) is 2.81. The van der Waals surface area contributed by atoms with Crippen molar-refractivity contribution in [2.45, 2.75) is 31.0 Å². The third-order valence-electron chi connectivity index (χ3n) is 2.92. The maximum atomic E-state index is 11.1. The third kappa shape index (κ3) is 5.24. The second-order valence-corrected chi connectivity index (χ2v) is 4.56. The number of dihydropyridines is 1. The maximum absolute atomic E-state index is 11.1. The molecular weight excluding hydrogens is 294 g/mol. The molecule has 2 rings (SSSR count). The van der Waals surface area contributed by atoms with Crippen molar-refractivity contribution in [1.29, 1.82) is 0 Å². The van der Waals surface area contributed by atoms with E-state index in [1.54, 1.807) is 18.5 Å². The predicted octanol–water partition coefficient (Wildman–Crippen LogP) is -1.48. The fourth-order valence-electron chi connectivity index (χ4n) is 1.71. The van der Waals surface area contributed by atoms with Gasteiger partial charge in [0.05, 0.1) is 12.2 Å². The summed E-state index contributed by atoms with van der Waals surface area (Å²) in [6.45, 7) is 3.31. The molecule has 1 fully saturated rings. The number of aliphatic hydroxyl groups is 4. The average molecular weight is 315 g/mol. The molecule has 124 valence electrons. The standard InChI is InChI=1S/C9H11NO2.C5H10O5/c1-2-6-12-9(11)8-4-3-5-10-7-8;6-1-2-3(7)4(8)5(9)10-2/h2-3,5,7,10H,1,4,6H2;2-9H,1H2/t;2-,3-,4-,5?/m.1/s1. The zero-order valence-corrected chi connectivity index (χ0v) is 12.0. The van der Waals surface area contributed by atoms with E-state index in [2.05, 4.69) is 16.6 Å². The summed E-state index contributed by atoms with van der Waals surface area (Å²) in [7, 11) is 0. The number of hydrogen-bond donors (Lipinski definition) is 5. The summed E-state index contributed by atoms with van der Waals surface area (Å²) in [4.78, 5) is 11.1. The molecule has 4 atom stereocenters. The van der Waals surface area contributed by atoms with Crippen molar-refractivity contribution < 1.29 is 34.7 Å². The fourth-order valence-corrected chi connectivity index (χ4v) is 1.71. The summed E-state index contributed by atoms with van der Waals surface area (Å²) >= 11 is 0. The van der Waals surface area contributed by atoms with Gasteiger partial charge in [-0.3, -0.25) is 0 Å². The molecular formula is C14H21NO7. The normalized spacial score (nSPS) is 29.7. The highest BCUT2D eigenvalue weighted by atomic mass is 16.6. The first-order valence-corrected chi connectivity index (χ1v) is 6.70. The number of nitrogens with one attached hydrogen (secondary N) is 1. The summed E-state index contributed by atoms with van der Waals surface area (Å²) in [5.41, 5.74) is 0.638. The molecule has 22 heavy (non-hydrogen) atoms. The molecule has 8 nitrogen and oxygen atoms in total. The van der Waals surface area contributed by atoms with Gasteiger partial charge < -0.3 is 35.2 Å². The number of allylic oxidation sites excluding steroid dienone is 1. The van der Waals surface area contributed by atoms with Crippen molar-refractivity contribution in [2.24, 2.45) is 0 Å². The smallest absolute Gasteiger partial charge is 0.336 e. The van der Waals surface area contributed by atoms with Crippen molar-refractivity contribution in [3.05, 3.63) is 36.7 Å². The Morgan fingerprint density at radius 1 is 1.45 bits per heavy atom. The number of carbonyl (C=O) groups excluding carboxylic acids is 1. The molecule has 0 aromatic heterocycles. The Labute approximate surface area is 128 Å². The van der Waals surface area contributed by atoms with Crippen LogP contribution in [-0.4, -0.2) is 64.2 Å². The van der Waals surface area contributed by atoms with Crippen LogP contribution in [0.5, 0.6) is 0 Å². The van der Waals surface area contributed by atoms with Crippen LogP contribution in [0.2, 0.25) is 0 Å². The minimum absolute atomic E-state index is 0.264. The van der Waals surface area contributed by atoms with Crippen LogP contribution < -0.4 is 5.32 Å². The van der Waals surface area contributed by atoms with Crippen molar-refractivity contribution in [2.75, 3.05) is 13.2 Å². The fraction of sp³-hybridized carbons (Fsp3) is 0.500. The van der Waals surface area contributed by atoms with Crippen LogP contribution in [0.3, 0.4) is 0 Å². The van der Waals surface area contributed by atoms with Crippen LogP contribution in [0, 0.1) is 0 Å². The molecule has 8 heteroatoms. The lowest BCUT2D eigenvalue weighted by atomic mass is 10.1. The molecule has 0 amide bonds. The van der Waals surface area contributed by atoms with Crippen molar-refractivity contribution in [3.63, 3.8) is 0 Å². The quantitative estimate of drug-likeness (QED) is 0.314. The Morgan fingerprint density at radius 3 is 2.59 bits per heavy atom. The number of hydrogen-bond acceptors (Lipinski definition) is 8. The highest BCUT2D eigenvalue weighted by molar-refractivity contribution is 5.88. The highest BCUT2D eigenvalue weighted by Gasteiger charge is 2.41. The predicted molar refractivity (Wildman–Crippen MR) is 76.1 cm³/mol. The Kier molecular flexibility index (Phi) is 7.78. The van der Waals surface area contributed by atoms with Crippen LogP contribution in [-0.2, 0) is 14.3 Å². The molecule has 0 radical (unpaired) electrons. The van der Waals surface area contributed by atoms with E-state index >= 15 is 0 Å². The van der Waals surface area contributed by atoms with Gasteiger partial charge >= 0.3 is 5.97 Å². The van der Waals surface area contributed by atoms with Gasteiger partial charge in [0.15, 0.2) is 6.29 Å². The first-order valence-electron chi connectivity index (χ1n) is 6.70. The van der Waals surface area contributed by atoms with Crippen LogP contribution in [0.1, 0.15) is 6.42 Å². The lowest BCUT2D eigenvalue weighted by molar-refractivity contribution is -0.137. The first-order chi connectivity index (χ1) is 10.5. The van der Waals surface area contributed by atoms with E-state index in [1.165, 1.54) is 0 Å². The van der Waals surface area contributed by atoms with E-state index in [1.807, 2.05) is 6.08 Å². The van der Waals surface area contributed by atoms with Gasteiger partial charge in [-0.25, -0.2) is 4.79 Å². The second kappa shape index (κ2) is 9.34. The van der Waals surface area contributed by atoms with Crippen LogP contribution >= 0.6 is 0 Å². The first kappa shape index (κ1) is 18.3. The molecule has 2 heterocycles. The molecule has 0 aliphatic carbocycles. The van der Waals surface area contributed by atoms with Crippen LogP contribution in [0.15, 0.2) is 36.7 Å². The Bertz CT molecular complexity index is 435. The van der Waals surface area contributed by atoms with E-state index in [9.17, 15) is 4.79 Å². The Balaban J connectivity index is 0.000000224. The minimum atomic E-state index is -1.38. The van der Waals surface area contributed by atoms with Crippen molar-refractivity contribution in [1.82, 2.24) is 5.32 Å². The Morgan fingerprint density at radius 2 is 2.18 bits per heavy atom. The van der Waals surface area contributed by atoms with Gasteiger partial charge in [-0.1, -0.05) is 18.7 Å². The number of rotatable bonds is 4. The number of ether oxygens (including phenoxy) is 2. The van der Waals surface area contributed by atoms with Gasteiger partial charge in [0, 0.05) is 12.6 Å². The molecule has 0 aromatic carbocycles. The van der Waals surface area contributed by atoms with Gasteiger partial charge in [0.2, 0.25) is 0 Å². The lowest BCUT2D eigenvalue weighted by Crippen LogP contribution is -2.33. The van der Waals surface area contributed by atoms with E-state index < -0.39 is 31.2 Å². The third-order valence-corrected chi connectivity index (χ3v) is 2.92. The molecule has 2 aliphatic rings. The molecule has 0 bridgehead atoms. The van der Waals surface area contributed by atoms with E-state index in [0.717, 1.165) is 0 Å². The monoisotopic (exact) mass is 315 g/mol. The van der Waals surface area contributed by atoms with Crippen LogP contribution in [0.4, 0.5) is 0 Å². The lowest BCUT2D eigenvalue weighted by Gasteiger charge is -2.09. The SMILES string of the molecule is C=CCOC(=O)C1=CNC=CC1.OC[C@H]1OC(O)[C@H](O)[C@@H]1O. The second-order valence-electron chi connectivity index (χ2n) is 4.56. The van der Waals surface area contributed by atoms with Crippen molar-refractivity contribution in [3.8, 4) is 0 Å². The van der Waals surface area contributed by atoms with E-state index in [4.69, 9.17) is 25.2 Å². The molecule has 5 N–H and O–H groups in total. The molecule has 0 aromatic rings. The minimum Gasteiger partial charge on any atom is -0.458 e. The molecule has 1 saturated heterocycles. The van der Waals surface area contributed by atoms with Crippen LogP contribution in [0.25, 0.3) is 0 Å². The summed E-state index contributed by atoms with van der Waals surface area (Å²) in [6.07, 6.45) is 2.71. The number of carbonyl (C=O) groups is 1. The van der Waals surface area contributed by atoms with Gasteiger partial charge in [-0.15, -0.1) is 0 Å². The molecule has 2 aliphatic heterocycles. The number of esters is 1.